The fourth-order valence-corrected chi connectivity index (χ4v) is 3.48. The molecule has 1 N–H and O–H groups in total. The summed E-state index contributed by atoms with van der Waals surface area (Å²) >= 11 is 6.01. The molecule has 2 aromatic heterocycles. The number of hydrogen-bond donors (Lipinski definition) is 1. The predicted molar refractivity (Wildman–Crippen MR) is 81.9 cm³/mol. The van der Waals surface area contributed by atoms with E-state index in [-0.39, 0.29) is 28.6 Å². The molecule has 2 aromatic rings. The maximum absolute atomic E-state index is 13.8. The summed E-state index contributed by atoms with van der Waals surface area (Å²) in [5.41, 5.74) is -1.64. The van der Waals surface area contributed by atoms with Crippen molar-refractivity contribution in [3.8, 4) is 11.3 Å². The lowest BCUT2D eigenvalue weighted by molar-refractivity contribution is -0.137. The second-order valence-electron chi connectivity index (χ2n) is 5.69. The standard InChI is InChI=1S/C16H14ClF3N2O2/c1-8(23)11-12(16(18,19)20)13(9-4-2-6-21-15(9)17)22-7-3-5-10(24)14(11)22/h2,4,6,10,24H,3,5,7H2,1H3. The van der Waals surface area contributed by atoms with Gasteiger partial charge in [0.15, 0.2) is 5.78 Å². The Hall–Kier alpha value is -1.86. The number of Topliss-reactive ketones (excluding diaryl/α,β-unsaturated/α-hetero) is 1. The van der Waals surface area contributed by atoms with Gasteiger partial charge in [-0.3, -0.25) is 4.79 Å². The van der Waals surface area contributed by atoms with Crippen molar-refractivity contribution in [1.29, 1.82) is 0 Å². The van der Waals surface area contributed by atoms with Crippen molar-refractivity contribution in [2.45, 2.75) is 38.6 Å². The number of nitrogens with zero attached hydrogens (tertiary/aromatic N) is 2. The summed E-state index contributed by atoms with van der Waals surface area (Å²) in [5.74, 6) is -0.738. The number of carbonyl (C=O) groups excluding carboxylic acids is 1. The van der Waals surface area contributed by atoms with Crippen molar-refractivity contribution in [2.75, 3.05) is 0 Å². The van der Waals surface area contributed by atoms with Crippen LogP contribution in [0.2, 0.25) is 5.15 Å². The van der Waals surface area contributed by atoms with Crippen LogP contribution >= 0.6 is 11.6 Å². The van der Waals surface area contributed by atoms with Crippen molar-refractivity contribution in [3.63, 3.8) is 0 Å². The lowest BCUT2D eigenvalue weighted by atomic mass is 9.98. The van der Waals surface area contributed by atoms with Crippen molar-refractivity contribution in [1.82, 2.24) is 9.55 Å². The molecule has 1 atom stereocenters. The fourth-order valence-electron chi connectivity index (χ4n) is 3.27. The zero-order chi connectivity index (χ0) is 17.6. The van der Waals surface area contributed by atoms with Gasteiger partial charge in [0.1, 0.15) is 5.15 Å². The molecular weight excluding hydrogens is 345 g/mol. The Morgan fingerprint density at radius 3 is 2.75 bits per heavy atom. The van der Waals surface area contributed by atoms with E-state index in [1.54, 1.807) is 0 Å². The third-order valence-electron chi connectivity index (χ3n) is 4.13. The van der Waals surface area contributed by atoms with Gasteiger partial charge in [0.05, 0.1) is 28.6 Å². The average molecular weight is 359 g/mol. The predicted octanol–water partition coefficient (Wildman–Crippen LogP) is 4.25. The highest BCUT2D eigenvalue weighted by Crippen LogP contribution is 2.47. The van der Waals surface area contributed by atoms with Gasteiger partial charge in [0.2, 0.25) is 0 Å². The van der Waals surface area contributed by atoms with E-state index in [0.717, 1.165) is 6.92 Å². The quantitative estimate of drug-likeness (QED) is 0.645. The first-order valence-corrected chi connectivity index (χ1v) is 7.74. The van der Waals surface area contributed by atoms with Crippen LogP contribution in [0.1, 0.15) is 47.5 Å². The molecule has 3 rings (SSSR count). The molecule has 1 unspecified atom stereocenters. The molecule has 3 heterocycles. The second kappa shape index (κ2) is 5.89. The normalized spacial score (nSPS) is 17.7. The Balaban J connectivity index is 2.46. The van der Waals surface area contributed by atoms with Crippen LogP contribution in [0, 0.1) is 0 Å². The minimum absolute atomic E-state index is 0.0102. The molecule has 0 fully saturated rings. The van der Waals surface area contributed by atoms with E-state index in [4.69, 9.17) is 11.6 Å². The zero-order valence-electron chi connectivity index (χ0n) is 12.7. The van der Waals surface area contributed by atoms with Crippen LogP contribution in [0.5, 0.6) is 0 Å². The number of pyridine rings is 1. The fraction of sp³-hybridized carbons (Fsp3) is 0.375. The van der Waals surface area contributed by atoms with Gasteiger partial charge in [-0.2, -0.15) is 13.2 Å². The minimum atomic E-state index is -4.76. The molecule has 0 spiro atoms. The summed E-state index contributed by atoms with van der Waals surface area (Å²) in [5, 5.41) is 10.1. The highest BCUT2D eigenvalue weighted by atomic mass is 35.5. The molecule has 128 valence electrons. The summed E-state index contributed by atoms with van der Waals surface area (Å²) in [7, 11) is 0. The summed E-state index contributed by atoms with van der Waals surface area (Å²) in [4.78, 5) is 15.8. The first kappa shape index (κ1) is 17.0. The number of carbonyl (C=O) groups is 1. The van der Waals surface area contributed by atoms with Gasteiger partial charge in [-0.05, 0) is 31.9 Å². The van der Waals surface area contributed by atoms with Crippen molar-refractivity contribution in [2.24, 2.45) is 0 Å². The molecule has 0 aromatic carbocycles. The van der Waals surface area contributed by atoms with Crippen molar-refractivity contribution in [3.05, 3.63) is 40.3 Å². The van der Waals surface area contributed by atoms with Gasteiger partial charge < -0.3 is 9.67 Å². The zero-order valence-corrected chi connectivity index (χ0v) is 13.4. The average Bonchev–Trinajstić information content (AvgIpc) is 2.84. The molecule has 0 bridgehead atoms. The van der Waals surface area contributed by atoms with E-state index in [1.807, 2.05) is 0 Å². The number of aliphatic hydroxyl groups is 1. The summed E-state index contributed by atoms with van der Waals surface area (Å²) < 4.78 is 42.7. The van der Waals surface area contributed by atoms with Crippen LogP contribution in [-0.4, -0.2) is 20.4 Å². The Morgan fingerprint density at radius 1 is 1.46 bits per heavy atom. The summed E-state index contributed by atoms with van der Waals surface area (Å²) in [6.45, 7) is 1.34. The lowest BCUT2D eigenvalue weighted by Crippen LogP contribution is -2.17. The number of ketones is 1. The number of halogens is 4. The third kappa shape index (κ3) is 2.61. The molecule has 8 heteroatoms. The Labute approximate surface area is 140 Å². The van der Waals surface area contributed by atoms with Gasteiger partial charge in [-0.15, -0.1) is 0 Å². The van der Waals surface area contributed by atoms with E-state index in [2.05, 4.69) is 4.98 Å². The van der Waals surface area contributed by atoms with Gasteiger partial charge in [0, 0.05) is 18.3 Å². The van der Waals surface area contributed by atoms with Gasteiger partial charge in [-0.1, -0.05) is 11.6 Å². The smallest absolute Gasteiger partial charge is 0.387 e. The summed E-state index contributed by atoms with van der Waals surface area (Å²) in [6.07, 6.45) is -3.70. The molecule has 0 saturated carbocycles. The number of alkyl halides is 3. The third-order valence-corrected chi connectivity index (χ3v) is 4.43. The highest BCUT2D eigenvalue weighted by Gasteiger charge is 2.44. The first-order chi connectivity index (χ1) is 11.2. The molecular formula is C16H14ClF3N2O2. The molecule has 0 aliphatic carbocycles. The Bertz CT molecular complexity index is 814. The van der Waals surface area contributed by atoms with Crippen LogP contribution in [0.25, 0.3) is 11.3 Å². The molecule has 1 aliphatic rings. The summed E-state index contributed by atoms with van der Waals surface area (Å²) in [6, 6.07) is 2.91. The van der Waals surface area contributed by atoms with E-state index >= 15 is 0 Å². The molecule has 4 nitrogen and oxygen atoms in total. The SMILES string of the molecule is CC(=O)c1c(C(F)(F)F)c(-c2cccnc2Cl)n2c1C(O)CCC2. The molecule has 1 aliphatic heterocycles. The van der Waals surface area contributed by atoms with Gasteiger partial charge in [-0.25, -0.2) is 4.98 Å². The van der Waals surface area contributed by atoms with Crippen LogP contribution < -0.4 is 0 Å². The van der Waals surface area contributed by atoms with Gasteiger partial charge in [0.25, 0.3) is 0 Å². The van der Waals surface area contributed by atoms with Crippen LogP contribution in [0.4, 0.5) is 13.2 Å². The second-order valence-corrected chi connectivity index (χ2v) is 6.05. The minimum Gasteiger partial charge on any atom is -0.387 e. The number of aliphatic hydroxyl groups excluding tert-OH is 1. The number of fused-ring (bicyclic) bond motifs is 1. The number of rotatable bonds is 2. The maximum Gasteiger partial charge on any atom is 0.419 e. The Kier molecular flexibility index (Phi) is 4.17. The first-order valence-electron chi connectivity index (χ1n) is 7.37. The van der Waals surface area contributed by atoms with Crippen LogP contribution in [-0.2, 0) is 12.7 Å². The van der Waals surface area contributed by atoms with Crippen LogP contribution in [0.3, 0.4) is 0 Å². The van der Waals surface area contributed by atoms with Gasteiger partial charge >= 0.3 is 6.18 Å². The number of hydrogen-bond acceptors (Lipinski definition) is 3. The van der Waals surface area contributed by atoms with Crippen molar-refractivity contribution >= 4 is 17.4 Å². The van der Waals surface area contributed by atoms with E-state index in [1.165, 1.54) is 22.9 Å². The Morgan fingerprint density at radius 2 is 2.17 bits per heavy atom. The highest BCUT2D eigenvalue weighted by molar-refractivity contribution is 6.32. The largest absolute Gasteiger partial charge is 0.419 e. The van der Waals surface area contributed by atoms with E-state index in [9.17, 15) is 23.1 Å². The molecule has 24 heavy (non-hydrogen) atoms. The number of aromatic nitrogens is 2. The van der Waals surface area contributed by atoms with E-state index in [0.29, 0.717) is 12.8 Å². The lowest BCUT2D eigenvalue weighted by Gasteiger charge is -2.23. The van der Waals surface area contributed by atoms with Crippen molar-refractivity contribution < 1.29 is 23.1 Å². The monoisotopic (exact) mass is 358 g/mol. The topological polar surface area (TPSA) is 55.1 Å². The molecule has 0 radical (unpaired) electrons. The molecule has 0 saturated heterocycles. The van der Waals surface area contributed by atoms with E-state index < -0.39 is 29.2 Å². The molecule has 0 amide bonds. The maximum atomic E-state index is 13.8. The van der Waals surface area contributed by atoms with Crippen LogP contribution in [0.15, 0.2) is 18.3 Å².